The maximum atomic E-state index is 13.6. The lowest BCUT2D eigenvalue weighted by molar-refractivity contribution is 0.198. The third kappa shape index (κ3) is 4.33. The van der Waals surface area contributed by atoms with Crippen LogP contribution in [-0.4, -0.2) is 28.1 Å². The molecule has 3 N–H and O–H groups in total. The summed E-state index contributed by atoms with van der Waals surface area (Å²) in [6, 6.07) is 6.29. The van der Waals surface area contributed by atoms with E-state index in [2.05, 4.69) is 17.0 Å². The van der Waals surface area contributed by atoms with E-state index in [1.54, 1.807) is 26.3 Å². The van der Waals surface area contributed by atoms with Gasteiger partial charge in [-0.25, -0.2) is 4.39 Å². The van der Waals surface area contributed by atoms with Crippen molar-refractivity contribution in [2.24, 2.45) is 17.8 Å². The summed E-state index contributed by atoms with van der Waals surface area (Å²) in [5.41, 5.74) is 10.7. The number of allylic oxidation sites excluding steroid dienone is 1. The van der Waals surface area contributed by atoms with E-state index in [4.69, 9.17) is 5.73 Å². The lowest BCUT2D eigenvalue weighted by Crippen LogP contribution is -2.11. The van der Waals surface area contributed by atoms with Crippen LogP contribution in [0.3, 0.4) is 0 Å². The first-order valence-corrected chi connectivity index (χ1v) is 8.27. The molecule has 1 heterocycles. The molecule has 0 radical (unpaired) electrons. The Morgan fingerprint density at radius 3 is 2.72 bits per heavy atom. The van der Waals surface area contributed by atoms with E-state index in [1.807, 2.05) is 17.8 Å². The quantitative estimate of drug-likeness (QED) is 0.791. The number of aliphatic hydroxyl groups is 1. The fourth-order valence-electron chi connectivity index (χ4n) is 2.77. The van der Waals surface area contributed by atoms with Crippen LogP contribution in [0.2, 0.25) is 0 Å². The van der Waals surface area contributed by atoms with Gasteiger partial charge in [0.25, 0.3) is 0 Å². The third-order valence-electron chi connectivity index (χ3n) is 4.15. The van der Waals surface area contributed by atoms with Crippen LogP contribution in [0.1, 0.15) is 42.5 Å². The molecule has 0 aliphatic carbocycles. The van der Waals surface area contributed by atoms with Crippen LogP contribution in [0.4, 0.5) is 4.39 Å². The normalized spacial score (nSPS) is 14.0. The first kappa shape index (κ1) is 18.9. The van der Waals surface area contributed by atoms with Gasteiger partial charge in [0, 0.05) is 43.7 Å². The average Bonchev–Trinajstić information content (AvgIpc) is 2.93. The van der Waals surface area contributed by atoms with Crippen molar-refractivity contribution in [3.63, 3.8) is 0 Å². The summed E-state index contributed by atoms with van der Waals surface area (Å²) < 4.78 is 15.4. The van der Waals surface area contributed by atoms with Crippen molar-refractivity contribution in [1.29, 1.82) is 0 Å². The smallest absolute Gasteiger partial charge is 0.123 e. The zero-order chi connectivity index (χ0) is 18.6. The number of aliphatic hydroxyl groups excluding tert-OH is 1. The van der Waals surface area contributed by atoms with Crippen LogP contribution >= 0.6 is 0 Å². The van der Waals surface area contributed by atoms with Crippen LogP contribution in [0, 0.1) is 5.82 Å². The average molecular weight is 344 g/mol. The first-order valence-electron chi connectivity index (χ1n) is 8.27. The summed E-state index contributed by atoms with van der Waals surface area (Å²) in [6.45, 7) is 3.64. The fraction of sp³-hybridized carbons (Fsp3) is 0.368. The number of nitrogens with two attached hydrogens (primary N) is 1. The summed E-state index contributed by atoms with van der Waals surface area (Å²) in [6.07, 6.45) is 2.27. The van der Waals surface area contributed by atoms with Crippen molar-refractivity contribution in [2.45, 2.75) is 32.8 Å². The van der Waals surface area contributed by atoms with Gasteiger partial charge in [0.2, 0.25) is 0 Å². The van der Waals surface area contributed by atoms with E-state index in [0.29, 0.717) is 23.2 Å². The Balaban J connectivity index is 2.52. The number of hydrogen-bond donors (Lipinski definition) is 2. The largest absolute Gasteiger partial charge is 0.398 e. The zero-order valence-electron chi connectivity index (χ0n) is 15.1. The standard InChI is InChI=1S/C19H25FN4O/c1-5-15-10-16(24(4)23-15)8-13(11-22-3)19(21)17-7-6-14(20)9-18(17)12(2)25/h6-7,9-12,25H,5,8,21H2,1-4H3/t12-/m1/s1. The topological polar surface area (TPSA) is 76.4 Å². The molecule has 0 amide bonds. The molecule has 0 saturated carbocycles. The summed E-state index contributed by atoms with van der Waals surface area (Å²) in [4.78, 5) is 4.10. The van der Waals surface area contributed by atoms with Crippen LogP contribution < -0.4 is 5.73 Å². The predicted octanol–water partition coefficient (Wildman–Crippen LogP) is 2.79. The molecule has 5 nitrogen and oxygen atoms in total. The molecule has 1 aromatic heterocycles. The second-order valence-electron chi connectivity index (χ2n) is 6.01. The second-order valence-corrected chi connectivity index (χ2v) is 6.01. The van der Waals surface area contributed by atoms with Gasteiger partial charge in [0.15, 0.2) is 0 Å². The molecule has 2 rings (SSSR count). The molecule has 0 aliphatic rings. The van der Waals surface area contributed by atoms with Gasteiger partial charge in [-0.1, -0.05) is 6.92 Å². The Kier molecular flexibility index (Phi) is 6.09. The molecule has 2 aromatic rings. The summed E-state index contributed by atoms with van der Waals surface area (Å²) in [5, 5.41) is 14.4. The van der Waals surface area contributed by atoms with Crippen LogP contribution in [-0.2, 0) is 19.9 Å². The summed E-state index contributed by atoms with van der Waals surface area (Å²) in [7, 11) is 3.57. The third-order valence-corrected chi connectivity index (χ3v) is 4.15. The van der Waals surface area contributed by atoms with E-state index < -0.39 is 11.9 Å². The van der Waals surface area contributed by atoms with Crippen LogP contribution in [0.25, 0.3) is 5.70 Å². The molecule has 0 aliphatic heterocycles. The van der Waals surface area contributed by atoms with Crippen LogP contribution in [0.5, 0.6) is 0 Å². The number of aromatic nitrogens is 2. The predicted molar refractivity (Wildman–Crippen MR) is 98.8 cm³/mol. The molecular weight excluding hydrogens is 319 g/mol. The number of hydrogen-bond acceptors (Lipinski definition) is 4. The molecule has 0 unspecified atom stereocenters. The number of benzene rings is 1. The molecule has 0 bridgehead atoms. The van der Waals surface area contributed by atoms with E-state index in [9.17, 15) is 9.50 Å². The molecule has 0 fully saturated rings. The Morgan fingerprint density at radius 1 is 1.44 bits per heavy atom. The van der Waals surface area contributed by atoms with Crippen molar-refractivity contribution in [1.82, 2.24) is 9.78 Å². The molecule has 134 valence electrons. The minimum Gasteiger partial charge on any atom is -0.398 e. The lowest BCUT2D eigenvalue weighted by atomic mass is 9.96. The zero-order valence-corrected chi connectivity index (χ0v) is 15.1. The van der Waals surface area contributed by atoms with Gasteiger partial charge in [-0.2, -0.15) is 5.10 Å². The molecule has 1 aromatic carbocycles. The lowest BCUT2D eigenvalue weighted by Gasteiger charge is -2.15. The molecule has 1 atom stereocenters. The Morgan fingerprint density at radius 2 is 2.16 bits per heavy atom. The summed E-state index contributed by atoms with van der Waals surface area (Å²) >= 11 is 0. The highest BCUT2D eigenvalue weighted by Crippen LogP contribution is 2.26. The first-order chi connectivity index (χ1) is 11.9. The number of halogens is 1. The van der Waals surface area contributed by atoms with E-state index in [1.165, 1.54) is 12.1 Å². The van der Waals surface area contributed by atoms with Gasteiger partial charge in [0.05, 0.1) is 11.8 Å². The van der Waals surface area contributed by atoms with Gasteiger partial charge in [0.1, 0.15) is 5.82 Å². The van der Waals surface area contributed by atoms with Crippen LogP contribution in [0.15, 0.2) is 34.8 Å². The summed E-state index contributed by atoms with van der Waals surface area (Å²) in [5.74, 6) is -0.405. The van der Waals surface area contributed by atoms with Crippen molar-refractivity contribution >= 4 is 11.9 Å². The Hall–Kier alpha value is -2.47. The minimum atomic E-state index is -0.826. The monoisotopic (exact) mass is 344 g/mol. The molecular formula is C19H25FN4O. The van der Waals surface area contributed by atoms with Gasteiger partial charge < -0.3 is 10.8 Å². The number of rotatable bonds is 6. The highest BCUT2D eigenvalue weighted by molar-refractivity contribution is 5.91. The number of aryl methyl sites for hydroxylation is 2. The Bertz CT molecular complexity index is 806. The maximum Gasteiger partial charge on any atom is 0.123 e. The van der Waals surface area contributed by atoms with Gasteiger partial charge in [-0.05, 0) is 48.7 Å². The minimum absolute atomic E-state index is 0.405. The highest BCUT2D eigenvalue weighted by atomic mass is 19.1. The molecule has 6 heteroatoms. The van der Waals surface area contributed by atoms with E-state index >= 15 is 0 Å². The van der Waals surface area contributed by atoms with E-state index in [-0.39, 0.29) is 0 Å². The number of aliphatic imine (C=N–C) groups is 1. The van der Waals surface area contributed by atoms with Crippen molar-refractivity contribution in [3.05, 3.63) is 58.2 Å². The fourth-order valence-corrected chi connectivity index (χ4v) is 2.77. The molecule has 25 heavy (non-hydrogen) atoms. The van der Waals surface area contributed by atoms with Crippen molar-refractivity contribution in [2.75, 3.05) is 7.05 Å². The maximum absolute atomic E-state index is 13.6. The SMILES string of the molecule is CCc1cc(CC(C=NC)=C(N)c2ccc(F)cc2[C@@H](C)O)n(C)n1. The molecule has 0 spiro atoms. The molecule has 0 saturated heterocycles. The van der Waals surface area contributed by atoms with Crippen molar-refractivity contribution < 1.29 is 9.50 Å². The second kappa shape index (κ2) is 8.07. The van der Waals surface area contributed by atoms with E-state index in [0.717, 1.165) is 23.4 Å². The van der Waals surface area contributed by atoms with Crippen molar-refractivity contribution in [3.8, 4) is 0 Å². The van der Waals surface area contributed by atoms with Gasteiger partial charge in [-0.15, -0.1) is 0 Å². The number of nitrogens with zero attached hydrogens (tertiary/aromatic N) is 3. The Labute approximate surface area is 147 Å². The van der Waals surface area contributed by atoms with Gasteiger partial charge in [-0.3, -0.25) is 9.67 Å². The van der Waals surface area contributed by atoms with Gasteiger partial charge >= 0.3 is 0 Å². The highest BCUT2D eigenvalue weighted by Gasteiger charge is 2.15.